The lowest BCUT2D eigenvalue weighted by Gasteiger charge is -2.45. The first-order valence-electron chi connectivity index (χ1n) is 9.39. The van der Waals surface area contributed by atoms with Gasteiger partial charge < -0.3 is 9.64 Å². The molecule has 1 aromatic rings. The summed E-state index contributed by atoms with van der Waals surface area (Å²) in [5, 5.41) is 3.40. The maximum atomic E-state index is 12.7. The SMILES string of the molecule is CCc1ccc(C2CCN(C(=O)C3CC4(COCN4)C3)CC2)cc1. The predicted molar refractivity (Wildman–Crippen MR) is 93.8 cm³/mol. The molecule has 0 aromatic heterocycles. The van der Waals surface area contributed by atoms with Gasteiger partial charge in [-0.3, -0.25) is 10.1 Å². The predicted octanol–water partition coefficient (Wildman–Crippen LogP) is 2.68. The van der Waals surface area contributed by atoms with Gasteiger partial charge in [0.15, 0.2) is 0 Å². The Labute approximate surface area is 144 Å². The molecule has 4 nitrogen and oxygen atoms in total. The highest BCUT2D eigenvalue weighted by atomic mass is 16.5. The van der Waals surface area contributed by atoms with Gasteiger partial charge in [0.2, 0.25) is 5.91 Å². The van der Waals surface area contributed by atoms with E-state index in [9.17, 15) is 4.79 Å². The molecule has 130 valence electrons. The minimum absolute atomic E-state index is 0.111. The first-order valence-corrected chi connectivity index (χ1v) is 9.39. The molecule has 1 aliphatic carbocycles. The number of carbonyl (C=O) groups excluding carboxylic acids is 1. The van der Waals surface area contributed by atoms with Crippen molar-refractivity contribution in [1.29, 1.82) is 0 Å². The minimum Gasteiger partial charge on any atom is -0.364 e. The second-order valence-electron chi connectivity index (χ2n) is 7.75. The topological polar surface area (TPSA) is 41.6 Å². The molecule has 0 bridgehead atoms. The molecular weight excluding hydrogens is 300 g/mol. The van der Waals surface area contributed by atoms with Gasteiger partial charge in [-0.1, -0.05) is 31.2 Å². The van der Waals surface area contributed by atoms with Crippen LogP contribution in [0.4, 0.5) is 0 Å². The Morgan fingerprint density at radius 2 is 1.96 bits per heavy atom. The molecule has 1 saturated carbocycles. The lowest BCUT2D eigenvalue weighted by molar-refractivity contribution is -0.142. The van der Waals surface area contributed by atoms with E-state index in [0.29, 0.717) is 18.6 Å². The van der Waals surface area contributed by atoms with E-state index >= 15 is 0 Å². The average molecular weight is 328 g/mol. The van der Waals surface area contributed by atoms with Crippen LogP contribution in [0.3, 0.4) is 0 Å². The number of hydrogen-bond donors (Lipinski definition) is 1. The van der Waals surface area contributed by atoms with E-state index in [1.807, 2.05) is 0 Å². The van der Waals surface area contributed by atoms with Crippen molar-refractivity contribution >= 4 is 5.91 Å². The number of amides is 1. The van der Waals surface area contributed by atoms with Gasteiger partial charge in [-0.2, -0.15) is 0 Å². The Balaban J connectivity index is 1.29. The van der Waals surface area contributed by atoms with Crippen molar-refractivity contribution < 1.29 is 9.53 Å². The summed E-state index contributed by atoms with van der Waals surface area (Å²) in [4.78, 5) is 14.8. The molecule has 0 unspecified atom stereocenters. The molecule has 4 rings (SSSR count). The van der Waals surface area contributed by atoms with Gasteiger partial charge in [0.25, 0.3) is 0 Å². The Kier molecular flexibility index (Phi) is 4.35. The number of benzene rings is 1. The average Bonchev–Trinajstić information content (AvgIpc) is 3.10. The maximum absolute atomic E-state index is 12.7. The fourth-order valence-corrected chi connectivity index (χ4v) is 4.54. The van der Waals surface area contributed by atoms with E-state index in [4.69, 9.17) is 4.74 Å². The number of ether oxygens (including phenoxy) is 1. The van der Waals surface area contributed by atoms with Crippen LogP contribution in [0.1, 0.15) is 49.7 Å². The van der Waals surface area contributed by atoms with Crippen LogP contribution in [0, 0.1) is 5.92 Å². The third-order valence-corrected chi connectivity index (χ3v) is 6.22. The number of carbonyl (C=O) groups is 1. The zero-order valence-corrected chi connectivity index (χ0v) is 14.6. The van der Waals surface area contributed by atoms with Gasteiger partial charge in [-0.15, -0.1) is 0 Å². The normalized spacial score (nSPS) is 30.5. The van der Waals surface area contributed by atoms with Crippen molar-refractivity contribution in [2.75, 3.05) is 26.4 Å². The van der Waals surface area contributed by atoms with E-state index in [2.05, 4.69) is 41.4 Å². The fourth-order valence-electron chi connectivity index (χ4n) is 4.54. The molecule has 4 heteroatoms. The molecule has 3 aliphatic rings. The van der Waals surface area contributed by atoms with E-state index in [1.54, 1.807) is 0 Å². The van der Waals surface area contributed by atoms with Crippen molar-refractivity contribution in [3.05, 3.63) is 35.4 Å². The van der Waals surface area contributed by atoms with E-state index in [0.717, 1.165) is 51.8 Å². The highest BCUT2D eigenvalue weighted by molar-refractivity contribution is 5.80. The summed E-state index contributed by atoms with van der Waals surface area (Å²) in [7, 11) is 0. The van der Waals surface area contributed by atoms with Crippen LogP contribution >= 0.6 is 0 Å². The number of aryl methyl sites for hydroxylation is 1. The molecule has 1 aromatic carbocycles. The third kappa shape index (κ3) is 2.98. The molecule has 1 N–H and O–H groups in total. The van der Waals surface area contributed by atoms with Crippen LogP contribution in [0.25, 0.3) is 0 Å². The number of nitrogens with zero attached hydrogens (tertiary/aromatic N) is 1. The zero-order chi connectivity index (χ0) is 16.6. The lowest BCUT2D eigenvalue weighted by atomic mass is 9.68. The summed E-state index contributed by atoms with van der Waals surface area (Å²) >= 11 is 0. The number of nitrogens with one attached hydrogen (secondary N) is 1. The molecule has 2 heterocycles. The van der Waals surface area contributed by atoms with Crippen LogP contribution in [0.5, 0.6) is 0 Å². The standard InChI is InChI=1S/C20H28N2O2/c1-2-15-3-5-16(6-4-15)17-7-9-22(10-8-17)19(23)18-11-20(12-18)13-24-14-21-20/h3-6,17-18,21H,2,7-14H2,1H3. The Bertz CT molecular complexity index is 576. The first-order chi connectivity index (χ1) is 11.7. The second-order valence-corrected chi connectivity index (χ2v) is 7.75. The zero-order valence-electron chi connectivity index (χ0n) is 14.6. The van der Waals surface area contributed by atoms with Crippen LogP contribution in [0.15, 0.2) is 24.3 Å². The van der Waals surface area contributed by atoms with Gasteiger partial charge in [0, 0.05) is 24.5 Å². The van der Waals surface area contributed by atoms with Crippen molar-refractivity contribution in [2.24, 2.45) is 5.92 Å². The molecule has 0 atom stereocenters. The lowest BCUT2D eigenvalue weighted by Crippen LogP contribution is -2.58. The Morgan fingerprint density at radius 3 is 2.54 bits per heavy atom. The molecule has 3 fully saturated rings. The summed E-state index contributed by atoms with van der Waals surface area (Å²) in [6, 6.07) is 9.06. The van der Waals surface area contributed by atoms with Gasteiger partial charge in [-0.25, -0.2) is 0 Å². The van der Waals surface area contributed by atoms with Gasteiger partial charge in [0.05, 0.1) is 13.3 Å². The molecule has 2 saturated heterocycles. The van der Waals surface area contributed by atoms with Gasteiger partial charge >= 0.3 is 0 Å². The Hall–Kier alpha value is -1.39. The fraction of sp³-hybridized carbons (Fsp3) is 0.650. The summed E-state index contributed by atoms with van der Waals surface area (Å²) < 4.78 is 5.42. The van der Waals surface area contributed by atoms with Crippen LogP contribution in [0.2, 0.25) is 0 Å². The number of rotatable bonds is 3. The molecule has 0 radical (unpaired) electrons. The van der Waals surface area contributed by atoms with Gasteiger partial charge in [0.1, 0.15) is 0 Å². The smallest absolute Gasteiger partial charge is 0.225 e. The largest absolute Gasteiger partial charge is 0.364 e. The van der Waals surface area contributed by atoms with Crippen molar-refractivity contribution in [1.82, 2.24) is 10.2 Å². The van der Waals surface area contributed by atoms with Crippen molar-refractivity contribution in [3.63, 3.8) is 0 Å². The van der Waals surface area contributed by atoms with Gasteiger partial charge in [-0.05, 0) is 49.1 Å². The molecule has 1 amide bonds. The number of likely N-dealkylation sites (tertiary alicyclic amines) is 1. The first kappa shape index (κ1) is 16.1. The summed E-state index contributed by atoms with van der Waals surface area (Å²) in [6.45, 7) is 5.42. The van der Waals surface area contributed by atoms with E-state index in [-0.39, 0.29) is 11.5 Å². The van der Waals surface area contributed by atoms with Crippen LogP contribution < -0.4 is 5.32 Å². The second kappa shape index (κ2) is 6.49. The number of hydrogen-bond acceptors (Lipinski definition) is 3. The third-order valence-electron chi connectivity index (χ3n) is 6.22. The summed E-state index contributed by atoms with van der Waals surface area (Å²) in [5.74, 6) is 1.19. The molecule has 2 aliphatic heterocycles. The summed E-state index contributed by atoms with van der Waals surface area (Å²) in [6.07, 6.45) is 5.18. The van der Waals surface area contributed by atoms with E-state index in [1.165, 1.54) is 11.1 Å². The molecular formula is C20H28N2O2. The van der Waals surface area contributed by atoms with Crippen LogP contribution in [-0.4, -0.2) is 42.8 Å². The number of piperidine rings is 1. The van der Waals surface area contributed by atoms with Crippen molar-refractivity contribution in [3.8, 4) is 0 Å². The minimum atomic E-state index is 0.111. The summed E-state index contributed by atoms with van der Waals surface area (Å²) in [5.41, 5.74) is 2.95. The quantitative estimate of drug-likeness (QED) is 0.927. The molecule has 24 heavy (non-hydrogen) atoms. The van der Waals surface area contributed by atoms with Crippen LogP contribution in [-0.2, 0) is 16.0 Å². The van der Waals surface area contributed by atoms with E-state index < -0.39 is 0 Å². The molecule has 1 spiro atoms. The maximum Gasteiger partial charge on any atom is 0.225 e. The Morgan fingerprint density at radius 1 is 1.25 bits per heavy atom. The highest BCUT2D eigenvalue weighted by Gasteiger charge is 2.50. The highest BCUT2D eigenvalue weighted by Crippen LogP contribution is 2.41. The monoisotopic (exact) mass is 328 g/mol. The van der Waals surface area contributed by atoms with Crippen molar-refractivity contribution in [2.45, 2.75) is 50.5 Å².